The van der Waals surface area contributed by atoms with E-state index in [1.165, 1.54) is 6.07 Å². The molecule has 118 valence electrons. The van der Waals surface area contributed by atoms with Crippen LogP contribution in [-0.2, 0) is 11.2 Å². The highest BCUT2D eigenvalue weighted by Crippen LogP contribution is 2.33. The van der Waals surface area contributed by atoms with E-state index in [2.05, 4.69) is 4.98 Å². The van der Waals surface area contributed by atoms with Crippen LogP contribution in [0, 0.1) is 16.0 Å². The van der Waals surface area contributed by atoms with Crippen molar-refractivity contribution in [1.29, 1.82) is 0 Å². The fourth-order valence-corrected chi connectivity index (χ4v) is 2.69. The molecule has 0 radical (unpaired) electrons. The number of nitrogens with zero attached hydrogens (tertiary/aromatic N) is 3. The van der Waals surface area contributed by atoms with Gasteiger partial charge in [-0.25, -0.2) is 0 Å². The van der Waals surface area contributed by atoms with Crippen LogP contribution in [0.4, 0.5) is 11.7 Å². The maximum atomic E-state index is 11.3. The Kier molecular flexibility index (Phi) is 3.98. The lowest BCUT2D eigenvalue weighted by atomic mass is 10.0. The predicted molar refractivity (Wildman–Crippen MR) is 82.2 cm³/mol. The molecule has 0 bridgehead atoms. The van der Waals surface area contributed by atoms with Crippen molar-refractivity contribution in [2.45, 2.75) is 20.3 Å². The molecule has 0 atom stereocenters. The van der Waals surface area contributed by atoms with Crippen LogP contribution in [-0.4, -0.2) is 36.2 Å². The summed E-state index contributed by atoms with van der Waals surface area (Å²) in [4.78, 5) is 17.4. The molecule has 0 spiro atoms. The van der Waals surface area contributed by atoms with Crippen LogP contribution in [0.25, 0.3) is 11.1 Å². The minimum atomic E-state index is -0.353. The number of hydrogen-bond donors (Lipinski definition) is 0. The van der Waals surface area contributed by atoms with E-state index < -0.39 is 0 Å². The fraction of sp³-hybridized carbons (Fsp3) is 0.533. The summed E-state index contributed by atoms with van der Waals surface area (Å²) in [6.07, 6.45) is 0.589. The molecule has 1 fully saturated rings. The maximum Gasteiger partial charge on any atom is 0.298 e. The average molecular weight is 305 g/mol. The first-order valence-electron chi connectivity index (χ1n) is 7.45. The number of benzene rings is 1. The summed E-state index contributed by atoms with van der Waals surface area (Å²) in [7, 11) is 0. The molecule has 1 aliphatic heterocycles. The van der Waals surface area contributed by atoms with Crippen molar-refractivity contribution in [2.24, 2.45) is 5.92 Å². The molecule has 3 rings (SSSR count). The summed E-state index contributed by atoms with van der Waals surface area (Å²) in [6, 6.07) is 3.69. The largest absolute Gasteiger partial charge is 0.423 e. The lowest BCUT2D eigenvalue weighted by molar-refractivity contribution is -0.385. The molecule has 0 N–H and O–H groups in total. The zero-order valence-corrected chi connectivity index (χ0v) is 12.7. The Morgan fingerprint density at radius 2 is 2.09 bits per heavy atom. The van der Waals surface area contributed by atoms with Crippen molar-refractivity contribution in [3.8, 4) is 0 Å². The van der Waals surface area contributed by atoms with Gasteiger partial charge in [0.25, 0.3) is 11.7 Å². The van der Waals surface area contributed by atoms with E-state index >= 15 is 0 Å². The molecule has 0 aliphatic carbocycles. The number of aromatic nitrogens is 1. The molecule has 22 heavy (non-hydrogen) atoms. The SMILES string of the molecule is CC(C)Cc1c([N+](=O)[O-])ccc2nc(N3CCOCC3)oc12. The van der Waals surface area contributed by atoms with Gasteiger partial charge in [0, 0.05) is 19.2 Å². The zero-order valence-electron chi connectivity index (χ0n) is 12.7. The third-order valence-electron chi connectivity index (χ3n) is 3.72. The number of hydrogen-bond acceptors (Lipinski definition) is 6. The molecule has 7 heteroatoms. The lowest BCUT2D eigenvalue weighted by Crippen LogP contribution is -2.36. The first kappa shape index (κ1) is 14.8. The van der Waals surface area contributed by atoms with Crippen LogP contribution >= 0.6 is 0 Å². The second-order valence-electron chi connectivity index (χ2n) is 5.86. The Labute approximate surface area is 128 Å². The van der Waals surface area contributed by atoms with Crippen LogP contribution in [0.5, 0.6) is 0 Å². The van der Waals surface area contributed by atoms with Gasteiger partial charge in [-0.2, -0.15) is 4.98 Å². The minimum absolute atomic E-state index is 0.103. The molecule has 1 saturated heterocycles. The van der Waals surface area contributed by atoms with E-state index in [0.29, 0.717) is 61.3 Å². The summed E-state index contributed by atoms with van der Waals surface area (Å²) < 4.78 is 11.2. The van der Waals surface area contributed by atoms with Gasteiger partial charge in [0.15, 0.2) is 5.58 Å². The first-order chi connectivity index (χ1) is 10.6. The van der Waals surface area contributed by atoms with Crippen LogP contribution in [0.1, 0.15) is 19.4 Å². The zero-order chi connectivity index (χ0) is 15.7. The summed E-state index contributed by atoms with van der Waals surface area (Å²) in [5.74, 6) is 0.293. The van der Waals surface area contributed by atoms with Crippen molar-refractivity contribution >= 4 is 22.8 Å². The highest BCUT2D eigenvalue weighted by molar-refractivity contribution is 5.82. The topological polar surface area (TPSA) is 81.6 Å². The molecule has 0 saturated carbocycles. The lowest BCUT2D eigenvalue weighted by Gasteiger charge is -2.24. The summed E-state index contributed by atoms with van der Waals surface area (Å²) in [6.45, 7) is 6.77. The molecule has 0 amide bonds. The standard InChI is InChI=1S/C15H19N3O4/c1-10(2)9-11-13(18(19)20)4-3-12-14(11)22-15(16-12)17-5-7-21-8-6-17/h3-4,10H,5-9H2,1-2H3. The molecule has 1 aromatic heterocycles. The quantitative estimate of drug-likeness (QED) is 0.638. The van der Waals surface area contributed by atoms with Crippen molar-refractivity contribution in [3.05, 3.63) is 27.8 Å². The third-order valence-corrected chi connectivity index (χ3v) is 3.72. The number of fused-ring (bicyclic) bond motifs is 1. The van der Waals surface area contributed by atoms with Crippen LogP contribution < -0.4 is 4.90 Å². The van der Waals surface area contributed by atoms with Crippen molar-refractivity contribution in [1.82, 2.24) is 4.98 Å². The highest BCUT2D eigenvalue weighted by atomic mass is 16.6. The van der Waals surface area contributed by atoms with Crippen molar-refractivity contribution < 1.29 is 14.1 Å². The maximum absolute atomic E-state index is 11.3. The molecule has 7 nitrogen and oxygen atoms in total. The number of oxazole rings is 1. The first-order valence-corrected chi connectivity index (χ1v) is 7.45. The smallest absolute Gasteiger partial charge is 0.298 e. The Morgan fingerprint density at radius 1 is 1.36 bits per heavy atom. The van der Waals surface area contributed by atoms with Crippen LogP contribution in [0.3, 0.4) is 0 Å². The van der Waals surface area contributed by atoms with Gasteiger partial charge in [-0.15, -0.1) is 0 Å². The monoisotopic (exact) mass is 305 g/mol. The van der Waals surface area contributed by atoms with Crippen LogP contribution in [0.15, 0.2) is 16.5 Å². The summed E-state index contributed by atoms with van der Waals surface area (Å²) in [5.41, 5.74) is 1.93. The third kappa shape index (κ3) is 2.76. The fourth-order valence-electron chi connectivity index (χ4n) is 2.69. The van der Waals surface area contributed by atoms with Gasteiger partial charge in [0.1, 0.15) is 5.52 Å². The molecule has 1 aromatic carbocycles. The van der Waals surface area contributed by atoms with E-state index in [-0.39, 0.29) is 10.6 Å². The number of morpholine rings is 1. The molecule has 2 heterocycles. The second kappa shape index (κ2) is 5.92. The van der Waals surface area contributed by atoms with Gasteiger partial charge in [-0.1, -0.05) is 13.8 Å². The van der Waals surface area contributed by atoms with Gasteiger partial charge >= 0.3 is 0 Å². The van der Waals surface area contributed by atoms with Gasteiger partial charge in [-0.3, -0.25) is 10.1 Å². The molecule has 0 unspecified atom stereocenters. The second-order valence-corrected chi connectivity index (χ2v) is 5.86. The normalized spacial score (nSPS) is 15.7. The van der Waals surface area contributed by atoms with E-state index in [1.807, 2.05) is 18.7 Å². The molecular formula is C15H19N3O4. The number of ether oxygens (including phenoxy) is 1. The van der Waals surface area contributed by atoms with E-state index in [9.17, 15) is 10.1 Å². The molecule has 1 aliphatic rings. The number of nitro benzene ring substituents is 1. The number of nitro groups is 1. The molecular weight excluding hydrogens is 286 g/mol. The predicted octanol–water partition coefficient (Wildman–Crippen LogP) is 2.77. The van der Waals surface area contributed by atoms with Crippen molar-refractivity contribution in [2.75, 3.05) is 31.2 Å². The van der Waals surface area contributed by atoms with E-state index in [0.717, 1.165) is 0 Å². The van der Waals surface area contributed by atoms with Crippen molar-refractivity contribution in [3.63, 3.8) is 0 Å². The summed E-state index contributed by atoms with van der Waals surface area (Å²) in [5, 5.41) is 11.3. The van der Waals surface area contributed by atoms with Gasteiger partial charge in [-0.05, 0) is 18.4 Å². The Bertz CT molecular complexity index is 689. The van der Waals surface area contributed by atoms with Gasteiger partial charge < -0.3 is 14.1 Å². The number of anilines is 1. The van der Waals surface area contributed by atoms with E-state index in [4.69, 9.17) is 9.15 Å². The highest BCUT2D eigenvalue weighted by Gasteiger charge is 2.24. The Hall–Kier alpha value is -2.15. The molecule has 2 aromatic rings. The van der Waals surface area contributed by atoms with Gasteiger partial charge in [0.2, 0.25) is 0 Å². The average Bonchev–Trinajstić information content (AvgIpc) is 2.92. The minimum Gasteiger partial charge on any atom is -0.423 e. The Morgan fingerprint density at radius 3 is 2.73 bits per heavy atom. The Balaban J connectivity index is 2.07. The van der Waals surface area contributed by atoms with Gasteiger partial charge in [0.05, 0.1) is 23.7 Å². The van der Waals surface area contributed by atoms with E-state index in [1.54, 1.807) is 6.07 Å². The summed E-state index contributed by atoms with van der Waals surface area (Å²) >= 11 is 0. The number of rotatable bonds is 4. The van der Waals surface area contributed by atoms with Crippen LogP contribution in [0.2, 0.25) is 0 Å².